The van der Waals surface area contributed by atoms with Gasteiger partial charge in [0.1, 0.15) is 0 Å². The summed E-state index contributed by atoms with van der Waals surface area (Å²) >= 11 is 0. The lowest BCUT2D eigenvalue weighted by Crippen LogP contribution is -2.47. The van der Waals surface area contributed by atoms with Crippen molar-refractivity contribution in [2.45, 2.75) is 52.5 Å². The van der Waals surface area contributed by atoms with Gasteiger partial charge in [0.25, 0.3) is 0 Å². The molecule has 8 heteroatoms. The van der Waals surface area contributed by atoms with Crippen LogP contribution in [-0.2, 0) is 21.2 Å². The Bertz CT molecular complexity index is 946. The number of nitrogens with zero attached hydrogens (tertiary/aromatic N) is 3. The zero-order valence-corrected chi connectivity index (χ0v) is 18.2. The molecule has 1 aliphatic heterocycles. The summed E-state index contributed by atoms with van der Waals surface area (Å²) in [6.07, 6.45) is 2.19. The number of sulfonamides is 1. The number of nitrogens with one attached hydrogen (secondary N) is 1. The lowest BCUT2D eigenvalue weighted by atomic mass is 10.1. The van der Waals surface area contributed by atoms with Crippen molar-refractivity contribution in [3.8, 4) is 5.69 Å². The Hall–Kier alpha value is -2.19. The first kappa shape index (κ1) is 21.5. The van der Waals surface area contributed by atoms with Crippen molar-refractivity contribution < 1.29 is 13.2 Å². The number of aromatic nitrogens is 2. The van der Waals surface area contributed by atoms with Crippen LogP contribution in [0.3, 0.4) is 0 Å². The van der Waals surface area contributed by atoms with Gasteiger partial charge in [0.2, 0.25) is 15.9 Å². The number of amides is 1. The predicted octanol–water partition coefficient (Wildman–Crippen LogP) is 2.35. The molecule has 158 valence electrons. The fourth-order valence-electron chi connectivity index (χ4n) is 3.86. The molecule has 0 radical (unpaired) electrons. The summed E-state index contributed by atoms with van der Waals surface area (Å²) in [6, 6.07) is 9.88. The number of para-hydroxylation sites is 1. The van der Waals surface area contributed by atoms with Crippen LogP contribution >= 0.6 is 0 Å². The van der Waals surface area contributed by atoms with Crippen molar-refractivity contribution in [2.75, 3.05) is 18.8 Å². The molecule has 0 spiro atoms. The third-order valence-electron chi connectivity index (χ3n) is 5.45. The summed E-state index contributed by atoms with van der Waals surface area (Å²) in [5, 5.41) is 7.68. The van der Waals surface area contributed by atoms with Crippen LogP contribution in [0.2, 0.25) is 0 Å². The summed E-state index contributed by atoms with van der Waals surface area (Å²) in [6.45, 7) is 6.71. The van der Waals surface area contributed by atoms with Gasteiger partial charge in [-0.1, -0.05) is 25.1 Å². The fourth-order valence-corrected chi connectivity index (χ4v) is 5.40. The molecule has 2 heterocycles. The van der Waals surface area contributed by atoms with Gasteiger partial charge in [0.15, 0.2) is 0 Å². The molecule has 0 bridgehead atoms. The van der Waals surface area contributed by atoms with Crippen molar-refractivity contribution in [3.63, 3.8) is 0 Å². The van der Waals surface area contributed by atoms with Crippen LogP contribution in [0.25, 0.3) is 5.69 Å². The summed E-state index contributed by atoms with van der Waals surface area (Å²) in [5.41, 5.74) is 3.72. The Kier molecular flexibility index (Phi) is 6.74. The van der Waals surface area contributed by atoms with Crippen LogP contribution < -0.4 is 5.32 Å². The van der Waals surface area contributed by atoms with Crippen LogP contribution in [0.1, 0.15) is 43.1 Å². The van der Waals surface area contributed by atoms with E-state index in [2.05, 4.69) is 10.4 Å². The Morgan fingerprint density at radius 3 is 2.45 bits per heavy atom. The molecule has 1 aromatic carbocycles. The molecule has 29 heavy (non-hydrogen) atoms. The van der Waals surface area contributed by atoms with Crippen molar-refractivity contribution in [2.24, 2.45) is 0 Å². The highest BCUT2D eigenvalue weighted by Crippen LogP contribution is 2.19. The first-order chi connectivity index (χ1) is 13.8. The van der Waals surface area contributed by atoms with Gasteiger partial charge in [0.05, 0.1) is 23.6 Å². The monoisotopic (exact) mass is 418 g/mol. The molecular weight excluding hydrogens is 388 g/mol. The Morgan fingerprint density at radius 2 is 1.83 bits per heavy atom. The minimum absolute atomic E-state index is 0.0142. The number of hydrogen-bond donors (Lipinski definition) is 1. The molecule has 1 fully saturated rings. The van der Waals surface area contributed by atoms with E-state index in [9.17, 15) is 13.2 Å². The SMILES string of the molecule is CCCS(=O)(=O)N1CCC(NC(=O)Cc2c(C)nn(-c3ccccc3)c2C)CC1. The molecule has 1 aliphatic rings. The van der Waals surface area contributed by atoms with E-state index >= 15 is 0 Å². The first-order valence-electron chi connectivity index (χ1n) is 10.2. The molecule has 0 unspecified atom stereocenters. The maximum Gasteiger partial charge on any atom is 0.224 e. The molecule has 0 saturated carbocycles. The lowest BCUT2D eigenvalue weighted by Gasteiger charge is -2.31. The molecule has 7 nitrogen and oxygen atoms in total. The molecule has 1 amide bonds. The van der Waals surface area contributed by atoms with E-state index < -0.39 is 10.0 Å². The van der Waals surface area contributed by atoms with E-state index in [0.29, 0.717) is 32.4 Å². The summed E-state index contributed by atoms with van der Waals surface area (Å²) in [5.74, 6) is 0.146. The third-order valence-corrected chi connectivity index (χ3v) is 7.53. The highest BCUT2D eigenvalue weighted by Gasteiger charge is 2.28. The van der Waals surface area contributed by atoms with E-state index in [1.54, 1.807) is 4.31 Å². The van der Waals surface area contributed by atoms with Crippen molar-refractivity contribution in [1.82, 2.24) is 19.4 Å². The standard InChI is InChI=1S/C21H30N4O3S/c1-4-14-29(27,28)24-12-10-18(11-13-24)22-21(26)15-20-16(2)23-25(17(20)3)19-8-6-5-7-9-19/h5-9,18H,4,10-15H2,1-3H3,(H,22,26). The van der Waals surface area contributed by atoms with E-state index in [0.717, 1.165) is 22.6 Å². The number of hydrogen-bond acceptors (Lipinski definition) is 4. The van der Waals surface area contributed by atoms with Gasteiger partial charge in [-0.05, 0) is 45.2 Å². The summed E-state index contributed by atoms with van der Waals surface area (Å²) in [7, 11) is -3.16. The number of rotatable bonds is 7. The number of piperidine rings is 1. The zero-order valence-electron chi connectivity index (χ0n) is 17.4. The lowest BCUT2D eigenvalue weighted by molar-refractivity contribution is -0.121. The van der Waals surface area contributed by atoms with Crippen LogP contribution in [0.5, 0.6) is 0 Å². The molecular formula is C21H30N4O3S. The number of carbonyl (C=O) groups excluding carboxylic acids is 1. The Balaban J connectivity index is 1.59. The number of carbonyl (C=O) groups is 1. The highest BCUT2D eigenvalue weighted by atomic mass is 32.2. The van der Waals surface area contributed by atoms with Gasteiger partial charge in [-0.3, -0.25) is 4.79 Å². The third kappa shape index (κ3) is 5.05. The quantitative estimate of drug-likeness (QED) is 0.748. The van der Waals surface area contributed by atoms with Gasteiger partial charge in [-0.25, -0.2) is 17.4 Å². The van der Waals surface area contributed by atoms with Crippen LogP contribution in [0, 0.1) is 13.8 Å². The fraction of sp³-hybridized carbons (Fsp3) is 0.524. The normalized spacial score (nSPS) is 16.1. The average Bonchev–Trinajstić information content (AvgIpc) is 2.97. The van der Waals surface area contributed by atoms with Crippen molar-refractivity contribution in [1.29, 1.82) is 0 Å². The second-order valence-electron chi connectivity index (χ2n) is 7.63. The Labute approximate surface area is 173 Å². The summed E-state index contributed by atoms with van der Waals surface area (Å²) < 4.78 is 27.8. The average molecular weight is 419 g/mol. The van der Waals surface area contributed by atoms with Crippen LogP contribution in [-0.4, -0.2) is 53.3 Å². The molecule has 0 atom stereocenters. The predicted molar refractivity (Wildman–Crippen MR) is 114 cm³/mol. The van der Waals surface area contributed by atoms with Gasteiger partial charge in [0, 0.05) is 30.4 Å². The van der Waals surface area contributed by atoms with Crippen LogP contribution in [0.15, 0.2) is 30.3 Å². The molecule has 1 saturated heterocycles. The minimum atomic E-state index is -3.16. The molecule has 3 rings (SSSR count). The Morgan fingerprint density at radius 1 is 1.17 bits per heavy atom. The van der Waals surface area contributed by atoms with E-state index in [1.165, 1.54) is 0 Å². The largest absolute Gasteiger partial charge is 0.353 e. The second-order valence-corrected chi connectivity index (χ2v) is 9.72. The maximum absolute atomic E-state index is 12.6. The topological polar surface area (TPSA) is 84.3 Å². The maximum atomic E-state index is 12.6. The number of aryl methyl sites for hydroxylation is 1. The van der Waals surface area contributed by atoms with E-state index in [-0.39, 0.29) is 24.1 Å². The van der Waals surface area contributed by atoms with Crippen molar-refractivity contribution >= 4 is 15.9 Å². The van der Waals surface area contributed by atoms with E-state index in [1.807, 2.05) is 55.8 Å². The molecule has 2 aromatic rings. The van der Waals surface area contributed by atoms with Crippen molar-refractivity contribution in [3.05, 3.63) is 47.3 Å². The van der Waals surface area contributed by atoms with E-state index in [4.69, 9.17) is 0 Å². The zero-order chi connectivity index (χ0) is 21.0. The van der Waals surface area contributed by atoms with Gasteiger partial charge in [-0.15, -0.1) is 0 Å². The first-order valence-corrected chi connectivity index (χ1v) is 11.8. The van der Waals surface area contributed by atoms with Gasteiger partial charge < -0.3 is 5.32 Å². The summed E-state index contributed by atoms with van der Waals surface area (Å²) in [4.78, 5) is 12.6. The second kappa shape index (κ2) is 9.09. The molecule has 0 aliphatic carbocycles. The molecule has 1 aromatic heterocycles. The van der Waals surface area contributed by atoms with Gasteiger partial charge >= 0.3 is 0 Å². The molecule has 1 N–H and O–H groups in total. The minimum Gasteiger partial charge on any atom is -0.353 e. The van der Waals surface area contributed by atoms with Gasteiger partial charge in [-0.2, -0.15) is 5.10 Å². The highest BCUT2D eigenvalue weighted by molar-refractivity contribution is 7.89. The van der Waals surface area contributed by atoms with Crippen LogP contribution in [0.4, 0.5) is 0 Å². The smallest absolute Gasteiger partial charge is 0.224 e. The number of benzene rings is 1.